The number of hydrogen-bond donors (Lipinski definition) is 1. The second-order valence-electron chi connectivity index (χ2n) is 4.90. The van der Waals surface area contributed by atoms with Crippen molar-refractivity contribution in [3.63, 3.8) is 0 Å². The number of carbonyl (C=O) groups excluding carboxylic acids is 1. The van der Waals surface area contributed by atoms with E-state index >= 15 is 0 Å². The van der Waals surface area contributed by atoms with Crippen molar-refractivity contribution >= 4 is 17.2 Å². The SMILES string of the molecule is COCCCNC(=O)c1sc(-c2ccc(C)cc2)nc1C. The monoisotopic (exact) mass is 304 g/mol. The van der Waals surface area contributed by atoms with Gasteiger partial charge in [0.25, 0.3) is 5.91 Å². The van der Waals surface area contributed by atoms with Crippen LogP contribution < -0.4 is 5.32 Å². The Balaban J connectivity index is 2.08. The molecule has 112 valence electrons. The van der Waals surface area contributed by atoms with Gasteiger partial charge in [-0.05, 0) is 20.3 Å². The average molecular weight is 304 g/mol. The van der Waals surface area contributed by atoms with Gasteiger partial charge in [-0.3, -0.25) is 4.79 Å². The predicted octanol–water partition coefficient (Wildman–Crippen LogP) is 3.19. The summed E-state index contributed by atoms with van der Waals surface area (Å²) in [5.41, 5.74) is 3.04. The van der Waals surface area contributed by atoms with Crippen molar-refractivity contribution in [3.8, 4) is 10.6 Å². The van der Waals surface area contributed by atoms with Gasteiger partial charge in [0.05, 0.1) is 5.69 Å². The van der Waals surface area contributed by atoms with Crippen LogP contribution in [0.1, 0.15) is 27.3 Å². The van der Waals surface area contributed by atoms with E-state index in [2.05, 4.69) is 29.4 Å². The number of aromatic nitrogens is 1. The summed E-state index contributed by atoms with van der Waals surface area (Å²) in [5, 5.41) is 3.78. The number of nitrogens with one attached hydrogen (secondary N) is 1. The van der Waals surface area contributed by atoms with E-state index in [-0.39, 0.29) is 5.91 Å². The molecule has 1 aromatic heterocycles. The number of ether oxygens (including phenoxy) is 1. The maximum absolute atomic E-state index is 12.1. The minimum Gasteiger partial charge on any atom is -0.385 e. The molecule has 1 amide bonds. The fraction of sp³-hybridized carbons (Fsp3) is 0.375. The highest BCUT2D eigenvalue weighted by molar-refractivity contribution is 7.17. The molecule has 0 saturated heterocycles. The molecular weight excluding hydrogens is 284 g/mol. The molecule has 0 spiro atoms. The third-order valence-electron chi connectivity index (χ3n) is 3.11. The van der Waals surface area contributed by atoms with Crippen molar-refractivity contribution in [2.24, 2.45) is 0 Å². The first kappa shape index (κ1) is 15.7. The lowest BCUT2D eigenvalue weighted by Crippen LogP contribution is -2.24. The minimum absolute atomic E-state index is 0.0561. The third kappa shape index (κ3) is 4.12. The molecule has 5 heteroatoms. The zero-order chi connectivity index (χ0) is 15.2. The summed E-state index contributed by atoms with van der Waals surface area (Å²) < 4.78 is 4.96. The molecule has 0 bridgehead atoms. The van der Waals surface area contributed by atoms with Crippen molar-refractivity contribution in [1.29, 1.82) is 0 Å². The van der Waals surface area contributed by atoms with E-state index in [1.807, 2.05) is 19.1 Å². The molecule has 2 rings (SSSR count). The highest BCUT2D eigenvalue weighted by atomic mass is 32.1. The van der Waals surface area contributed by atoms with E-state index in [0.717, 1.165) is 22.7 Å². The molecule has 0 fully saturated rings. The van der Waals surface area contributed by atoms with Crippen molar-refractivity contribution in [2.75, 3.05) is 20.3 Å². The Morgan fingerprint density at radius 1 is 1.29 bits per heavy atom. The molecule has 4 nitrogen and oxygen atoms in total. The molecule has 0 radical (unpaired) electrons. The Hall–Kier alpha value is -1.72. The van der Waals surface area contributed by atoms with E-state index in [1.165, 1.54) is 16.9 Å². The molecule has 1 N–H and O–H groups in total. The van der Waals surface area contributed by atoms with E-state index in [0.29, 0.717) is 18.0 Å². The minimum atomic E-state index is -0.0561. The second kappa shape index (κ2) is 7.33. The molecule has 1 heterocycles. The summed E-state index contributed by atoms with van der Waals surface area (Å²) in [4.78, 5) is 17.3. The van der Waals surface area contributed by atoms with Gasteiger partial charge in [0, 0.05) is 25.8 Å². The van der Waals surface area contributed by atoms with Crippen LogP contribution in [0.15, 0.2) is 24.3 Å². The van der Waals surface area contributed by atoms with Crippen LogP contribution in [0.2, 0.25) is 0 Å². The molecule has 0 unspecified atom stereocenters. The first-order valence-electron chi connectivity index (χ1n) is 6.93. The molecule has 0 saturated carbocycles. The smallest absolute Gasteiger partial charge is 0.263 e. The van der Waals surface area contributed by atoms with Gasteiger partial charge in [0.15, 0.2) is 0 Å². The largest absolute Gasteiger partial charge is 0.385 e. The highest BCUT2D eigenvalue weighted by Gasteiger charge is 2.15. The first-order valence-corrected chi connectivity index (χ1v) is 7.75. The average Bonchev–Trinajstić information content (AvgIpc) is 2.86. The lowest BCUT2D eigenvalue weighted by Gasteiger charge is -2.03. The molecule has 0 aliphatic heterocycles. The van der Waals surface area contributed by atoms with Gasteiger partial charge in [-0.1, -0.05) is 29.8 Å². The zero-order valence-electron chi connectivity index (χ0n) is 12.6. The van der Waals surface area contributed by atoms with Crippen LogP contribution in [-0.2, 0) is 4.74 Å². The quantitative estimate of drug-likeness (QED) is 0.834. The third-order valence-corrected chi connectivity index (χ3v) is 4.32. The topological polar surface area (TPSA) is 51.2 Å². The fourth-order valence-electron chi connectivity index (χ4n) is 1.93. The van der Waals surface area contributed by atoms with Gasteiger partial charge in [-0.15, -0.1) is 11.3 Å². The zero-order valence-corrected chi connectivity index (χ0v) is 13.4. The van der Waals surface area contributed by atoms with Crippen molar-refractivity contribution in [1.82, 2.24) is 10.3 Å². The summed E-state index contributed by atoms with van der Waals surface area (Å²) in [5.74, 6) is -0.0561. The van der Waals surface area contributed by atoms with Crippen LogP contribution in [0.5, 0.6) is 0 Å². The lowest BCUT2D eigenvalue weighted by atomic mass is 10.2. The van der Waals surface area contributed by atoms with E-state index in [9.17, 15) is 4.79 Å². The van der Waals surface area contributed by atoms with Crippen LogP contribution in [-0.4, -0.2) is 31.2 Å². The van der Waals surface area contributed by atoms with Gasteiger partial charge in [-0.2, -0.15) is 0 Å². The normalized spacial score (nSPS) is 10.6. The summed E-state index contributed by atoms with van der Waals surface area (Å²) in [7, 11) is 1.66. The Morgan fingerprint density at radius 3 is 2.67 bits per heavy atom. The number of methoxy groups -OCH3 is 1. The molecule has 0 atom stereocenters. The molecular formula is C16H20N2O2S. The first-order chi connectivity index (χ1) is 10.1. The van der Waals surface area contributed by atoms with Gasteiger partial charge in [0.2, 0.25) is 0 Å². The number of nitrogens with zero attached hydrogens (tertiary/aromatic N) is 1. The summed E-state index contributed by atoms with van der Waals surface area (Å²) in [6.45, 7) is 5.19. The fourth-order valence-corrected chi connectivity index (χ4v) is 2.91. The second-order valence-corrected chi connectivity index (χ2v) is 5.90. The van der Waals surface area contributed by atoms with Gasteiger partial charge in [0.1, 0.15) is 9.88 Å². The highest BCUT2D eigenvalue weighted by Crippen LogP contribution is 2.28. The summed E-state index contributed by atoms with van der Waals surface area (Å²) >= 11 is 1.44. The van der Waals surface area contributed by atoms with E-state index < -0.39 is 0 Å². The number of carbonyl (C=O) groups is 1. The van der Waals surface area contributed by atoms with Crippen LogP contribution in [0.3, 0.4) is 0 Å². The van der Waals surface area contributed by atoms with Crippen LogP contribution in [0, 0.1) is 13.8 Å². The van der Waals surface area contributed by atoms with Crippen molar-refractivity contribution in [2.45, 2.75) is 20.3 Å². The van der Waals surface area contributed by atoms with Gasteiger partial charge < -0.3 is 10.1 Å². The van der Waals surface area contributed by atoms with Crippen LogP contribution in [0.4, 0.5) is 0 Å². The molecule has 0 aliphatic carbocycles. The van der Waals surface area contributed by atoms with E-state index in [1.54, 1.807) is 7.11 Å². The van der Waals surface area contributed by atoms with Gasteiger partial charge >= 0.3 is 0 Å². The number of benzene rings is 1. The summed E-state index contributed by atoms with van der Waals surface area (Å²) in [6, 6.07) is 8.18. The maximum Gasteiger partial charge on any atom is 0.263 e. The molecule has 2 aromatic rings. The number of amides is 1. The lowest BCUT2D eigenvalue weighted by molar-refractivity contribution is 0.0952. The number of thiazole rings is 1. The van der Waals surface area contributed by atoms with Crippen LogP contribution in [0.25, 0.3) is 10.6 Å². The van der Waals surface area contributed by atoms with Crippen molar-refractivity contribution < 1.29 is 9.53 Å². The number of hydrogen-bond acceptors (Lipinski definition) is 4. The standard InChI is InChI=1S/C16H20N2O2S/c1-11-5-7-13(8-6-11)16-18-12(2)14(21-16)15(19)17-9-4-10-20-3/h5-8H,4,9-10H2,1-3H3,(H,17,19). The number of aryl methyl sites for hydroxylation is 2. The van der Waals surface area contributed by atoms with Gasteiger partial charge in [-0.25, -0.2) is 4.98 Å². The Kier molecular flexibility index (Phi) is 5.47. The van der Waals surface area contributed by atoms with Crippen LogP contribution >= 0.6 is 11.3 Å². The van der Waals surface area contributed by atoms with E-state index in [4.69, 9.17) is 4.74 Å². The molecule has 21 heavy (non-hydrogen) atoms. The molecule has 1 aromatic carbocycles. The Bertz CT molecular complexity index is 605. The summed E-state index contributed by atoms with van der Waals surface area (Å²) in [6.07, 6.45) is 0.810. The Morgan fingerprint density at radius 2 is 2.00 bits per heavy atom. The maximum atomic E-state index is 12.1. The number of rotatable bonds is 6. The van der Waals surface area contributed by atoms with Crippen molar-refractivity contribution in [3.05, 3.63) is 40.4 Å². The predicted molar refractivity (Wildman–Crippen MR) is 85.9 cm³/mol. The Labute approximate surface area is 129 Å². The molecule has 0 aliphatic rings.